The van der Waals surface area contributed by atoms with Crippen LogP contribution in [0.2, 0.25) is 0 Å². The molecule has 0 radical (unpaired) electrons. The zero-order valence-electron chi connectivity index (χ0n) is 14.7. The largest absolute Gasteiger partial charge is 0.494 e. The molecule has 27 heavy (non-hydrogen) atoms. The summed E-state index contributed by atoms with van der Waals surface area (Å²) < 4.78 is 32.0. The Bertz CT molecular complexity index is 956. The number of hydrogen-bond acceptors (Lipinski definition) is 6. The number of rotatable bonds is 8. The second-order valence-electron chi connectivity index (χ2n) is 5.49. The molecule has 0 fully saturated rings. The number of hydrogen-bond donors (Lipinski definition) is 1. The maximum atomic E-state index is 13.0. The number of carboxylic acid groups (broad SMARTS) is 1. The number of nitrogens with zero attached hydrogens (tertiary/aromatic N) is 2. The monoisotopic (exact) mass is 394 g/mol. The summed E-state index contributed by atoms with van der Waals surface area (Å²) in [5, 5.41) is 20.3. The van der Waals surface area contributed by atoms with Crippen molar-refractivity contribution in [1.82, 2.24) is 0 Å². The van der Waals surface area contributed by atoms with Crippen LogP contribution >= 0.6 is 0 Å². The zero-order valence-corrected chi connectivity index (χ0v) is 15.5. The van der Waals surface area contributed by atoms with Gasteiger partial charge in [-0.3, -0.25) is 19.2 Å². The fourth-order valence-corrected chi connectivity index (χ4v) is 3.98. The summed E-state index contributed by atoms with van der Waals surface area (Å²) >= 11 is 0. The molecule has 0 aliphatic heterocycles. The Balaban J connectivity index is 2.57. The van der Waals surface area contributed by atoms with Gasteiger partial charge in [0.1, 0.15) is 12.3 Å². The highest BCUT2D eigenvalue weighted by Gasteiger charge is 2.30. The lowest BCUT2D eigenvalue weighted by Gasteiger charge is -2.24. The van der Waals surface area contributed by atoms with Crippen LogP contribution in [0.5, 0.6) is 5.75 Å². The van der Waals surface area contributed by atoms with E-state index in [0.717, 1.165) is 0 Å². The van der Waals surface area contributed by atoms with Crippen LogP contribution < -0.4 is 9.04 Å². The topological polar surface area (TPSA) is 127 Å². The summed E-state index contributed by atoms with van der Waals surface area (Å²) in [6.07, 6.45) is 0. The molecule has 0 atom stereocenters. The molecule has 0 heterocycles. The summed E-state index contributed by atoms with van der Waals surface area (Å²) in [7, 11) is -4.27. The van der Waals surface area contributed by atoms with Crippen LogP contribution in [0.25, 0.3) is 0 Å². The molecular formula is C17H18N2O7S. The van der Waals surface area contributed by atoms with Gasteiger partial charge < -0.3 is 9.84 Å². The minimum absolute atomic E-state index is 0.0539. The third kappa shape index (κ3) is 4.34. The number of ether oxygens (including phenoxy) is 1. The first-order valence-corrected chi connectivity index (χ1v) is 9.34. The summed E-state index contributed by atoms with van der Waals surface area (Å²) in [5.41, 5.74) is -0.316. The molecular weight excluding hydrogens is 376 g/mol. The quantitative estimate of drug-likeness (QED) is 0.538. The number of carbonyl (C=O) groups is 1. The van der Waals surface area contributed by atoms with E-state index in [1.54, 1.807) is 6.92 Å². The van der Waals surface area contributed by atoms with Crippen LogP contribution in [0.4, 0.5) is 11.4 Å². The summed E-state index contributed by atoms with van der Waals surface area (Å²) in [6, 6.07) is 9.36. The van der Waals surface area contributed by atoms with E-state index >= 15 is 0 Å². The highest BCUT2D eigenvalue weighted by Crippen LogP contribution is 2.32. The normalized spacial score (nSPS) is 11.0. The van der Waals surface area contributed by atoms with Crippen LogP contribution in [0.15, 0.2) is 47.4 Å². The van der Waals surface area contributed by atoms with Crippen molar-refractivity contribution in [3.8, 4) is 5.75 Å². The molecule has 10 heteroatoms. The number of nitro groups is 1. The summed E-state index contributed by atoms with van der Waals surface area (Å²) in [5.74, 6) is -0.928. The third-order valence-corrected chi connectivity index (χ3v) is 5.52. The van der Waals surface area contributed by atoms with Gasteiger partial charge in [0, 0.05) is 6.07 Å². The van der Waals surface area contributed by atoms with Gasteiger partial charge in [-0.05, 0) is 44.2 Å². The van der Waals surface area contributed by atoms with Crippen molar-refractivity contribution in [2.75, 3.05) is 17.5 Å². The molecule has 144 valence electrons. The van der Waals surface area contributed by atoms with Crippen molar-refractivity contribution in [3.63, 3.8) is 0 Å². The molecule has 0 aromatic heterocycles. The van der Waals surface area contributed by atoms with Gasteiger partial charge in [0.25, 0.3) is 15.7 Å². The zero-order chi connectivity index (χ0) is 20.2. The fourth-order valence-electron chi connectivity index (χ4n) is 2.50. The number of sulfonamides is 1. The number of benzene rings is 2. The Kier molecular flexibility index (Phi) is 6.01. The lowest BCUT2D eigenvalue weighted by Crippen LogP contribution is -2.36. The van der Waals surface area contributed by atoms with E-state index < -0.39 is 27.5 Å². The molecule has 0 aliphatic carbocycles. The van der Waals surface area contributed by atoms with Gasteiger partial charge in [0.15, 0.2) is 0 Å². The summed E-state index contributed by atoms with van der Waals surface area (Å²) in [4.78, 5) is 21.6. The van der Waals surface area contributed by atoms with Crippen LogP contribution in [0.3, 0.4) is 0 Å². The van der Waals surface area contributed by atoms with Crippen LogP contribution in [0.1, 0.15) is 12.5 Å². The molecule has 2 aromatic rings. The Morgan fingerprint density at radius 1 is 1.22 bits per heavy atom. The van der Waals surface area contributed by atoms with Crippen molar-refractivity contribution in [1.29, 1.82) is 0 Å². The molecule has 0 spiro atoms. The van der Waals surface area contributed by atoms with E-state index in [1.165, 1.54) is 49.4 Å². The van der Waals surface area contributed by atoms with Gasteiger partial charge in [-0.25, -0.2) is 8.42 Å². The van der Waals surface area contributed by atoms with Crippen LogP contribution in [-0.2, 0) is 14.8 Å². The Labute approximate surface area is 156 Å². The molecule has 0 bridgehead atoms. The SMILES string of the molecule is CCOc1ccc(S(=O)(=O)N(CC(=O)O)c2cccc([N+](=O)[O-])c2C)cc1. The molecule has 0 aliphatic rings. The van der Waals surface area contributed by atoms with Gasteiger partial charge >= 0.3 is 5.97 Å². The van der Waals surface area contributed by atoms with Crippen LogP contribution in [-0.4, -0.2) is 37.6 Å². The van der Waals surface area contributed by atoms with Gasteiger partial charge in [-0.2, -0.15) is 0 Å². The van der Waals surface area contributed by atoms with Crippen molar-refractivity contribution in [3.05, 3.63) is 58.1 Å². The smallest absolute Gasteiger partial charge is 0.324 e. The maximum absolute atomic E-state index is 13.0. The first-order chi connectivity index (χ1) is 12.7. The number of nitro benzene ring substituents is 1. The molecule has 9 nitrogen and oxygen atoms in total. The first-order valence-electron chi connectivity index (χ1n) is 7.90. The summed E-state index contributed by atoms with van der Waals surface area (Å²) in [6.45, 7) is 2.68. The predicted octanol–water partition coefficient (Wildman–Crippen LogP) is 2.58. The van der Waals surface area contributed by atoms with E-state index in [-0.39, 0.29) is 21.8 Å². The minimum atomic E-state index is -4.27. The van der Waals surface area contributed by atoms with Crippen molar-refractivity contribution < 1.29 is 28.0 Å². The van der Waals surface area contributed by atoms with E-state index in [2.05, 4.69) is 0 Å². The molecule has 0 amide bonds. The number of anilines is 1. The fraction of sp³-hybridized carbons (Fsp3) is 0.235. The Hall–Kier alpha value is -3.14. The van der Waals surface area contributed by atoms with Gasteiger partial charge in [0.2, 0.25) is 0 Å². The molecule has 2 aromatic carbocycles. The van der Waals surface area contributed by atoms with Gasteiger partial charge in [-0.1, -0.05) is 6.07 Å². The predicted molar refractivity (Wildman–Crippen MR) is 97.6 cm³/mol. The molecule has 0 saturated carbocycles. The molecule has 1 N–H and O–H groups in total. The molecule has 2 rings (SSSR count). The Morgan fingerprint density at radius 2 is 1.85 bits per heavy atom. The highest BCUT2D eigenvalue weighted by molar-refractivity contribution is 7.92. The lowest BCUT2D eigenvalue weighted by atomic mass is 10.1. The number of carboxylic acids is 1. The van der Waals surface area contributed by atoms with Gasteiger partial charge in [0.05, 0.1) is 27.7 Å². The maximum Gasteiger partial charge on any atom is 0.324 e. The van der Waals surface area contributed by atoms with E-state index in [9.17, 15) is 28.4 Å². The second kappa shape index (κ2) is 8.04. The standard InChI is InChI=1S/C17H18N2O7S/c1-3-26-13-7-9-14(10-8-13)27(24,25)18(11-17(20)21)15-5-4-6-16(12(15)2)19(22)23/h4-10H,3,11H2,1-2H3,(H,20,21). The van der Waals surface area contributed by atoms with Crippen molar-refractivity contribution in [2.45, 2.75) is 18.7 Å². The van der Waals surface area contributed by atoms with E-state index in [0.29, 0.717) is 16.7 Å². The Morgan fingerprint density at radius 3 is 2.37 bits per heavy atom. The molecule has 0 saturated heterocycles. The average Bonchev–Trinajstić information content (AvgIpc) is 2.60. The van der Waals surface area contributed by atoms with Crippen LogP contribution in [0, 0.1) is 17.0 Å². The van der Waals surface area contributed by atoms with Gasteiger partial charge in [-0.15, -0.1) is 0 Å². The highest BCUT2D eigenvalue weighted by atomic mass is 32.2. The third-order valence-electron chi connectivity index (χ3n) is 3.74. The lowest BCUT2D eigenvalue weighted by molar-refractivity contribution is -0.385. The van der Waals surface area contributed by atoms with E-state index in [4.69, 9.17) is 4.74 Å². The molecule has 0 unspecified atom stereocenters. The van der Waals surface area contributed by atoms with E-state index in [1.807, 2.05) is 0 Å². The first kappa shape index (κ1) is 20.2. The number of aliphatic carboxylic acids is 1. The second-order valence-corrected chi connectivity index (χ2v) is 7.35. The minimum Gasteiger partial charge on any atom is -0.494 e. The van der Waals surface area contributed by atoms with Crippen molar-refractivity contribution in [2.24, 2.45) is 0 Å². The van der Waals surface area contributed by atoms with Crippen molar-refractivity contribution >= 4 is 27.4 Å². The average molecular weight is 394 g/mol.